The Morgan fingerprint density at radius 1 is 0.975 bits per heavy atom. The molecule has 0 atom stereocenters. The van der Waals surface area contributed by atoms with E-state index in [9.17, 15) is 9.90 Å². The fourth-order valence-electron chi connectivity index (χ4n) is 4.80. The topological polar surface area (TPSA) is 118 Å². The van der Waals surface area contributed by atoms with Crippen LogP contribution in [0.5, 0.6) is 11.6 Å². The highest BCUT2D eigenvalue weighted by atomic mass is 16.5. The number of imidazole rings is 1. The number of fused-ring (bicyclic) bond motifs is 1. The van der Waals surface area contributed by atoms with Crippen LogP contribution in [0.2, 0.25) is 0 Å². The van der Waals surface area contributed by atoms with Gasteiger partial charge in [0.2, 0.25) is 5.88 Å². The fourth-order valence-corrected chi connectivity index (χ4v) is 4.80. The molecule has 0 radical (unpaired) electrons. The average molecular weight is 531 g/mol. The van der Waals surface area contributed by atoms with Crippen LogP contribution in [0, 0.1) is 6.92 Å². The van der Waals surface area contributed by atoms with Crippen LogP contribution in [0.1, 0.15) is 15.9 Å². The van der Waals surface area contributed by atoms with E-state index in [2.05, 4.69) is 25.4 Å². The minimum atomic E-state index is -0.266. The Labute approximate surface area is 230 Å². The van der Waals surface area contributed by atoms with Crippen LogP contribution in [0.4, 0.5) is 5.82 Å². The van der Waals surface area contributed by atoms with Crippen LogP contribution in [0.3, 0.4) is 0 Å². The minimum absolute atomic E-state index is 0.0736. The molecule has 3 aromatic carbocycles. The van der Waals surface area contributed by atoms with Crippen molar-refractivity contribution in [1.82, 2.24) is 24.7 Å². The number of ether oxygens (including phenoxy) is 1. The number of benzene rings is 3. The lowest BCUT2D eigenvalue weighted by Crippen LogP contribution is -2.15. The number of nitrogens with zero attached hydrogens (tertiary/aromatic N) is 4. The standard InChI is InChI=1S/C31H26N6O3/c1-18-27(19-8-5-4-6-9-19)36-37(2)29(18)35-30(39)21-11-13-24-25(17-21)34-28(33-24)23-16-20(12-14-26(23)38)22-10-7-15-32-31(22)40-3/h4-17,38H,1-3H3,(H,33,34)(H,35,39). The van der Waals surface area contributed by atoms with Gasteiger partial charge in [-0.1, -0.05) is 36.4 Å². The van der Waals surface area contributed by atoms with E-state index in [0.717, 1.165) is 27.9 Å². The Morgan fingerprint density at radius 2 is 1.80 bits per heavy atom. The number of carbonyl (C=O) groups is 1. The van der Waals surface area contributed by atoms with Crippen molar-refractivity contribution in [3.8, 4) is 45.4 Å². The number of aromatic nitrogens is 5. The van der Waals surface area contributed by atoms with Gasteiger partial charge < -0.3 is 20.1 Å². The molecule has 6 aromatic rings. The van der Waals surface area contributed by atoms with Gasteiger partial charge in [-0.2, -0.15) is 5.10 Å². The maximum atomic E-state index is 13.3. The monoisotopic (exact) mass is 530 g/mol. The highest BCUT2D eigenvalue weighted by molar-refractivity contribution is 6.06. The van der Waals surface area contributed by atoms with Crippen molar-refractivity contribution in [2.24, 2.45) is 7.05 Å². The Kier molecular flexibility index (Phi) is 6.24. The zero-order valence-corrected chi connectivity index (χ0v) is 22.1. The number of carbonyl (C=O) groups excluding carboxylic acids is 1. The number of phenolic OH excluding ortho intramolecular Hbond substituents is 1. The van der Waals surface area contributed by atoms with Crippen molar-refractivity contribution < 1.29 is 14.6 Å². The van der Waals surface area contributed by atoms with Crippen molar-refractivity contribution >= 4 is 22.8 Å². The lowest BCUT2D eigenvalue weighted by Gasteiger charge is -2.09. The molecule has 3 heterocycles. The van der Waals surface area contributed by atoms with E-state index in [1.807, 2.05) is 55.5 Å². The second-order valence-electron chi connectivity index (χ2n) is 9.38. The zero-order valence-electron chi connectivity index (χ0n) is 22.1. The molecule has 3 aromatic heterocycles. The lowest BCUT2D eigenvalue weighted by molar-refractivity contribution is 0.102. The Balaban J connectivity index is 1.30. The van der Waals surface area contributed by atoms with Gasteiger partial charge in [0.1, 0.15) is 17.4 Å². The predicted octanol–water partition coefficient (Wildman–Crippen LogP) is 5.97. The first-order chi connectivity index (χ1) is 19.4. The number of aryl methyl sites for hydroxylation is 1. The van der Waals surface area contributed by atoms with E-state index in [-0.39, 0.29) is 11.7 Å². The SMILES string of the molecule is COc1ncccc1-c1ccc(O)c(-c2nc3ccc(C(=O)Nc4c(C)c(-c5ccccc5)nn4C)cc3[nH]2)c1. The van der Waals surface area contributed by atoms with Gasteiger partial charge in [-0.15, -0.1) is 0 Å². The number of phenols is 1. The Bertz CT molecular complexity index is 1870. The Hall–Kier alpha value is -5.44. The average Bonchev–Trinajstić information content (AvgIpc) is 3.53. The molecule has 9 heteroatoms. The third-order valence-corrected chi connectivity index (χ3v) is 6.83. The summed E-state index contributed by atoms with van der Waals surface area (Å²) in [5.74, 6) is 1.40. The molecule has 198 valence electrons. The van der Waals surface area contributed by atoms with Gasteiger partial charge in [-0.3, -0.25) is 9.48 Å². The molecule has 40 heavy (non-hydrogen) atoms. The van der Waals surface area contributed by atoms with Gasteiger partial charge in [0.25, 0.3) is 5.91 Å². The van der Waals surface area contributed by atoms with Crippen LogP contribution in [0.15, 0.2) is 85.1 Å². The molecule has 0 saturated carbocycles. The maximum Gasteiger partial charge on any atom is 0.256 e. The number of anilines is 1. The molecule has 0 unspecified atom stereocenters. The molecule has 0 fully saturated rings. The van der Waals surface area contributed by atoms with E-state index < -0.39 is 0 Å². The van der Waals surface area contributed by atoms with Crippen molar-refractivity contribution in [3.05, 3.63) is 96.2 Å². The second kappa shape index (κ2) is 10.0. The molecular formula is C31H26N6O3. The Morgan fingerprint density at radius 3 is 2.60 bits per heavy atom. The molecule has 3 N–H and O–H groups in total. The largest absolute Gasteiger partial charge is 0.507 e. The smallest absolute Gasteiger partial charge is 0.256 e. The molecule has 0 spiro atoms. The first-order valence-electron chi connectivity index (χ1n) is 12.7. The van der Waals surface area contributed by atoms with E-state index >= 15 is 0 Å². The molecule has 0 saturated heterocycles. The van der Waals surface area contributed by atoms with Crippen LogP contribution in [-0.2, 0) is 7.05 Å². The quantitative estimate of drug-likeness (QED) is 0.244. The number of hydrogen-bond acceptors (Lipinski definition) is 6. The number of aromatic hydroxyl groups is 1. The van der Waals surface area contributed by atoms with Gasteiger partial charge in [-0.25, -0.2) is 9.97 Å². The van der Waals surface area contributed by atoms with Crippen molar-refractivity contribution in [2.45, 2.75) is 6.92 Å². The summed E-state index contributed by atoms with van der Waals surface area (Å²) >= 11 is 0. The second-order valence-corrected chi connectivity index (χ2v) is 9.38. The van der Waals surface area contributed by atoms with Crippen LogP contribution in [-0.4, -0.2) is 42.9 Å². The number of H-pyrrole nitrogens is 1. The normalized spacial score (nSPS) is 11.1. The molecule has 9 nitrogen and oxygen atoms in total. The van der Waals surface area contributed by atoms with Crippen molar-refractivity contribution in [3.63, 3.8) is 0 Å². The molecular weight excluding hydrogens is 504 g/mol. The van der Waals surface area contributed by atoms with Gasteiger partial charge in [0.15, 0.2) is 0 Å². The van der Waals surface area contributed by atoms with Gasteiger partial charge in [0.05, 0.1) is 29.4 Å². The summed E-state index contributed by atoms with van der Waals surface area (Å²) in [5.41, 5.74) is 6.60. The summed E-state index contributed by atoms with van der Waals surface area (Å²) in [5, 5.41) is 18.3. The first kappa shape index (κ1) is 24.9. The van der Waals surface area contributed by atoms with Crippen LogP contribution >= 0.6 is 0 Å². The summed E-state index contributed by atoms with van der Waals surface area (Å²) < 4.78 is 7.08. The molecule has 0 aliphatic rings. The number of rotatable bonds is 6. The van der Waals surface area contributed by atoms with Crippen molar-refractivity contribution in [2.75, 3.05) is 12.4 Å². The number of pyridine rings is 1. The number of methoxy groups -OCH3 is 1. The molecule has 1 amide bonds. The van der Waals surface area contributed by atoms with Gasteiger partial charge in [-0.05, 0) is 55.0 Å². The van der Waals surface area contributed by atoms with E-state index in [4.69, 9.17) is 4.74 Å². The third kappa shape index (κ3) is 4.43. The molecule has 6 rings (SSSR count). The fraction of sp³-hybridized carbons (Fsp3) is 0.0968. The van der Waals surface area contributed by atoms with E-state index in [0.29, 0.717) is 39.7 Å². The van der Waals surface area contributed by atoms with Gasteiger partial charge >= 0.3 is 0 Å². The predicted molar refractivity (Wildman–Crippen MR) is 154 cm³/mol. The summed E-state index contributed by atoms with van der Waals surface area (Å²) in [6, 6.07) is 24.1. The summed E-state index contributed by atoms with van der Waals surface area (Å²) in [6.45, 7) is 1.94. The van der Waals surface area contributed by atoms with Crippen LogP contribution in [0.25, 0.3) is 44.8 Å². The number of amides is 1. The van der Waals surface area contributed by atoms with Crippen LogP contribution < -0.4 is 10.1 Å². The summed E-state index contributed by atoms with van der Waals surface area (Å²) in [7, 11) is 3.37. The first-order valence-corrected chi connectivity index (χ1v) is 12.7. The highest BCUT2D eigenvalue weighted by Crippen LogP contribution is 2.36. The number of hydrogen-bond donors (Lipinski definition) is 3. The minimum Gasteiger partial charge on any atom is -0.507 e. The van der Waals surface area contributed by atoms with Crippen molar-refractivity contribution in [1.29, 1.82) is 0 Å². The van der Waals surface area contributed by atoms with Gasteiger partial charge in [0, 0.05) is 35.5 Å². The molecule has 0 aliphatic carbocycles. The number of aromatic amines is 1. The molecule has 0 bridgehead atoms. The summed E-state index contributed by atoms with van der Waals surface area (Å²) in [6.07, 6.45) is 1.66. The van der Waals surface area contributed by atoms with E-state index in [1.54, 1.807) is 55.4 Å². The maximum absolute atomic E-state index is 13.3. The summed E-state index contributed by atoms with van der Waals surface area (Å²) in [4.78, 5) is 25.4. The van der Waals surface area contributed by atoms with E-state index in [1.165, 1.54) is 0 Å². The lowest BCUT2D eigenvalue weighted by atomic mass is 10.0. The number of nitrogens with one attached hydrogen (secondary N) is 2. The third-order valence-electron chi connectivity index (χ3n) is 6.83. The molecule has 0 aliphatic heterocycles. The zero-order chi connectivity index (χ0) is 27.8. The highest BCUT2D eigenvalue weighted by Gasteiger charge is 2.18.